The highest BCUT2D eigenvalue weighted by Crippen LogP contribution is 2.12. The summed E-state index contributed by atoms with van der Waals surface area (Å²) in [6.07, 6.45) is -1.36. The van der Waals surface area contributed by atoms with Crippen molar-refractivity contribution in [3.8, 4) is 0 Å². The van der Waals surface area contributed by atoms with Crippen LogP contribution in [0.1, 0.15) is 6.42 Å². The first-order chi connectivity index (χ1) is 4.74. The van der Waals surface area contributed by atoms with Crippen molar-refractivity contribution in [3.05, 3.63) is 0 Å². The van der Waals surface area contributed by atoms with Crippen LogP contribution in [-0.2, 0) is 9.53 Å². The van der Waals surface area contributed by atoms with Crippen molar-refractivity contribution in [3.63, 3.8) is 0 Å². The van der Waals surface area contributed by atoms with E-state index in [2.05, 4.69) is 0 Å². The fourth-order valence-electron chi connectivity index (χ4n) is 0.891. The average Bonchev–Trinajstić information content (AvgIpc) is 1.95. The molecule has 0 saturated carbocycles. The lowest BCUT2D eigenvalue weighted by molar-refractivity contribution is -0.141. The molecule has 1 fully saturated rings. The van der Waals surface area contributed by atoms with E-state index in [1.807, 2.05) is 0 Å². The Hall–Kier alpha value is -0.450. The highest BCUT2D eigenvalue weighted by atomic mass is 16.5. The van der Waals surface area contributed by atoms with Crippen LogP contribution in [0, 0.1) is 0 Å². The van der Waals surface area contributed by atoms with Crippen LogP contribution in [0.4, 0.5) is 0 Å². The maximum atomic E-state index is 10.1. The van der Waals surface area contributed by atoms with Gasteiger partial charge in [0.15, 0.2) is 0 Å². The van der Waals surface area contributed by atoms with Crippen LogP contribution in [0.15, 0.2) is 0 Å². The lowest BCUT2D eigenvalue weighted by Crippen LogP contribution is -2.41. The monoisotopic (exact) mass is 146 g/mol. The van der Waals surface area contributed by atoms with Gasteiger partial charge >= 0.3 is 0 Å². The number of aliphatic hydroxyl groups excluding tert-OH is 2. The molecule has 1 aliphatic heterocycles. The van der Waals surface area contributed by atoms with Crippen LogP contribution in [0.3, 0.4) is 0 Å². The van der Waals surface area contributed by atoms with Gasteiger partial charge in [-0.1, -0.05) is 0 Å². The van der Waals surface area contributed by atoms with Gasteiger partial charge in [0, 0.05) is 6.42 Å². The summed E-state index contributed by atoms with van der Waals surface area (Å²) in [7, 11) is 0. The molecule has 0 spiro atoms. The van der Waals surface area contributed by atoms with E-state index in [9.17, 15) is 4.79 Å². The minimum atomic E-state index is -0.837. The van der Waals surface area contributed by atoms with E-state index in [-0.39, 0.29) is 13.0 Å². The molecule has 4 nitrogen and oxygen atoms in total. The van der Waals surface area contributed by atoms with E-state index in [4.69, 9.17) is 14.9 Å². The number of rotatable bonds is 1. The van der Waals surface area contributed by atoms with Crippen LogP contribution >= 0.6 is 0 Å². The van der Waals surface area contributed by atoms with Gasteiger partial charge in [-0.25, -0.2) is 0 Å². The zero-order valence-electron chi connectivity index (χ0n) is 5.43. The summed E-state index contributed by atoms with van der Waals surface area (Å²) in [5.74, 6) is 0. The molecule has 0 aromatic heterocycles. The quantitative estimate of drug-likeness (QED) is 0.451. The highest BCUT2D eigenvalue weighted by Gasteiger charge is 2.27. The third kappa shape index (κ3) is 1.53. The first-order valence-corrected chi connectivity index (χ1v) is 3.17. The highest BCUT2D eigenvalue weighted by molar-refractivity contribution is 5.56. The van der Waals surface area contributed by atoms with Gasteiger partial charge in [0.2, 0.25) is 0 Å². The summed E-state index contributed by atoms with van der Waals surface area (Å²) in [4.78, 5) is 10.1. The Bertz CT molecular complexity index is 125. The van der Waals surface area contributed by atoms with Gasteiger partial charge in [-0.3, -0.25) is 0 Å². The zero-order chi connectivity index (χ0) is 7.56. The molecule has 1 heterocycles. The SMILES string of the molecule is O=CC1C[C@H](O)[C@@H](O)CO1. The van der Waals surface area contributed by atoms with Crippen LogP contribution < -0.4 is 0 Å². The third-order valence-corrected chi connectivity index (χ3v) is 1.55. The molecule has 0 amide bonds. The normalized spacial score (nSPS) is 41.2. The molecule has 1 saturated heterocycles. The van der Waals surface area contributed by atoms with Gasteiger partial charge < -0.3 is 19.7 Å². The predicted octanol–water partition coefficient (Wildman–Crippen LogP) is -1.30. The summed E-state index contributed by atoms with van der Waals surface area (Å²) < 4.78 is 4.83. The van der Waals surface area contributed by atoms with Gasteiger partial charge in [0.05, 0.1) is 12.7 Å². The maximum absolute atomic E-state index is 10.1. The Balaban J connectivity index is 2.40. The summed E-state index contributed by atoms with van der Waals surface area (Å²) in [5.41, 5.74) is 0. The second-order valence-electron chi connectivity index (χ2n) is 2.38. The van der Waals surface area contributed by atoms with Crippen LogP contribution in [0.2, 0.25) is 0 Å². The Morgan fingerprint density at radius 2 is 2.10 bits per heavy atom. The number of carbonyl (C=O) groups excluding carboxylic acids is 1. The molecular formula is C6H10O4. The second kappa shape index (κ2) is 3.09. The van der Waals surface area contributed by atoms with E-state index in [1.54, 1.807) is 0 Å². The van der Waals surface area contributed by atoms with E-state index in [1.165, 1.54) is 0 Å². The van der Waals surface area contributed by atoms with Crippen molar-refractivity contribution >= 4 is 6.29 Å². The first kappa shape index (κ1) is 7.65. The Morgan fingerprint density at radius 3 is 2.60 bits per heavy atom. The van der Waals surface area contributed by atoms with Crippen LogP contribution in [0.5, 0.6) is 0 Å². The van der Waals surface area contributed by atoms with Gasteiger partial charge in [-0.05, 0) is 0 Å². The number of aldehydes is 1. The van der Waals surface area contributed by atoms with Gasteiger partial charge in [0.1, 0.15) is 18.5 Å². The largest absolute Gasteiger partial charge is 0.390 e. The van der Waals surface area contributed by atoms with Crippen LogP contribution in [-0.4, -0.2) is 41.4 Å². The fraction of sp³-hybridized carbons (Fsp3) is 0.833. The molecule has 2 N–H and O–H groups in total. The third-order valence-electron chi connectivity index (χ3n) is 1.55. The lowest BCUT2D eigenvalue weighted by Gasteiger charge is -2.27. The van der Waals surface area contributed by atoms with E-state index < -0.39 is 18.3 Å². The number of hydrogen-bond acceptors (Lipinski definition) is 4. The number of aliphatic hydroxyl groups is 2. The summed E-state index contributed by atoms with van der Waals surface area (Å²) in [6, 6.07) is 0. The molecule has 0 aromatic rings. The molecule has 1 rings (SSSR count). The minimum Gasteiger partial charge on any atom is -0.390 e. The molecule has 1 aliphatic rings. The molecular weight excluding hydrogens is 136 g/mol. The molecule has 0 bridgehead atoms. The fourth-order valence-corrected chi connectivity index (χ4v) is 0.891. The molecule has 0 radical (unpaired) electrons. The number of ether oxygens (including phenoxy) is 1. The molecule has 1 unspecified atom stereocenters. The lowest BCUT2D eigenvalue weighted by atomic mass is 10.1. The average molecular weight is 146 g/mol. The van der Waals surface area contributed by atoms with Gasteiger partial charge in [-0.2, -0.15) is 0 Å². The van der Waals surface area contributed by atoms with E-state index in [0.29, 0.717) is 6.29 Å². The molecule has 10 heavy (non-hydrogen) atoms. The van der Waals surface area contributed by atoms with Gasteiger partial charge in [-0.15, -0.1) is 0 Å². The molecule has 58 valence electrons. The second-order valence-corrected chi connectivity index (χ2v) is 2.38. The molecule has 3 atom stereocenters. The van der Waals surface area contributed by atoms with Crippen molar-refractivity contribution < 1.29 is 19.7 Å². The van der Waals surface area contributed by atoms with Gasteiger partial charge in [0.25, 0.3) is 0 Å². The smallest absolute Gasteiger partial charge is 0.148 e. The molecule has 4 heteroatoms. The van der Waals surface area contributed by atoms with Crippen molar-refractivity contribution in [1.29, 1.82) is 0 Å². The summed E-state index contributed by atoms with van der Waals surface area (Å²) in [5, 5.41) is 17.9. The Labute approximate surface area is 58.4 Å². The van der Waals surface area contributed by atoms with Crippen molar-refractivity contribution in [2.45, 2.75) is 24.7 Å². The van der Waals surface area contributed by atoms with Crippen molar-refractivity contribution in [2.75, 3.05) is 6.61 Å². The van der Waals surface area contributed by atoms with Crippen molar-refractivity contribution in [2.24, 2.45) is 0 Å². The maximum Gasteiger partial charge on any atom is 0.148 e. The Morgan fingerprint density at radius 1 is 1.40 bits per heavy atom. The Kier molecular flexibility index (Phi) is 2.37. The number of carbonyl (C=O) groups is 1. The van der Waals surface area contributed by atoms with E-state index in [0.717, 1.165) is 0 Å². The summed E-state index contributed by atoms with van der Waals surface area (Å²) >= 11 is 0. The van der Waals surface area contributed by atoms with E-state index >= 15 is 0 Å². The molecule has 0 aliphatic carbocycles. The first-order valence-electron chi connectivity index (χ1n) is 3.17. The van der Waals surface area contributed by atoms with Crippen LogP contribution in [0.25, 0.3) is 0 Å². The predicted molar refractivity (Wildman–Crippen MR) is 32.4 cm³/mol. The summed E-state index contributed by atoms with van der Waals surface area (Å²) in [6.45, 7) is 0.0462. The number of hydrogen-bond donors (Lipinski definition) is 2. The molecule has 0 aromatic carbocycles. The standard InChI is InChI=1S/C6H10O4/c7-2-4-1-5(8)6(9)3-10-4/h2,4-6,8-9H,1,3H2/t4?,5-,6-/m0/s1. The zero-order valence-corrected chi connectivity index (χ0v) is 5.43. The van der Waals surface area contributed by atoms with Crippen molar-refractivity contribution in [1.82, 2.24) is 0 Å². The topological polar surface area (TPSA) is 66.8 Å². The minimum absolute atomic E-state index is 0.0462.